The van der Waals surface area contributed by atoms with Gasteiger partial charge in [0.1, 0.15) is 17.4 Å². The molecule has 1 aliphatic carbocycles. The van der Waals surface area contributed by atoms with Crippen molar-refractivity contribution >= 4 is 17.4 Å². The van der Waals surface area contributed by atoms with Crippen LogP contribution in [0.5, 0.6) is 0 Å². The van der Waals surface area contributed by atoms with Gasteiger partial charge in [0.05, 0.1) is 16.9 Å². The van der Waals surface area contributed by atoms with E-state index in [1.807, 2.05) is 27.7 Å². The van der Waals surface area contributed by atoms with Crippen molar-refractivity contribution in [2.75, 3.05) is 5.32 Å². The first-order valence-corrected chi connectivity index (χ1v) is 11.6. The molecule has 2 heterocycles. The number of anilines is 1. The Labute approximate surface area is 199 Å². The van der Waals surface area contributed by atoms with Gasteiger partial charge < -0.3 is 5.32 Å². The molecule has 2 aromatic heterocycles. The summed E-state index contributed by atoms with van der Waals surface area (Å²) < 4.78 is 14.8. The number of carbonyl (C=O) groups is 2. The maximum Gasteiger partial charge on any atom is 0.258 e. The molecule has 0 saturated heterocycles. The lowest BCUT2D eigenvalue weighted by Gasteiger charge is -2.38. The molecule has 1 N–H and O–H groups in total. The van der Waals surface area contributed by atoms with Crippen LogP contribution in [0.25, 0.3) is 11.1 Å². The molecule has 6 nitrogen and oxygen atoms in total. The van der Waals surface area contributed by atoms with Crippen molar-refractivity contribution < 1.29 is 14.0 Å². The van der Waals surface area contributed by atoms with E-state index in [1.165, 1.54) is 18.5 Å². The maximum absolute atomic E-state index is 14.8. The van der Waals surface area contributed by atoms with Crippen LogP contribution in [-0.4, -0.2) is 26.6 Å². The Balaban J connectivity index is 1.80. The van der Waals surface area contributed by atoms with Crippen LogP contribution in [0.2, 0.25) is 0 Å². The first kappa shape index (κ1) is 23.7. The SMILES string of the molecule is CC(C)c1ncc(C(=O)Nc2c(-c3ccccc3F)ccnc2C2CCC(=O)CC2(C)C)cn1. The summed E-state index contributed by atoms with van der Waals surface area (Å²) in [7, 11) is 0. The van der Waals surface area contributed by atoms with Gasteiger partial charge in [0, 0.05) is 54.4 Å². The summed E-state index contributed by atoms with van der Waals surface area (Å²) in [5, 5.41) is 2.98. The first-order chi connectivity index (χ1) is 16.2. The van der Waals surface area contributed by atoms with Gasteiger partial charge in [-0.1, -0.05) is 45.9 Å². The molecule has 1 atom stereocenters. The summed E-state index contributed by atoms with van der Waals surface area (Å²) in [5.41, 5.74) is 1.99. The fourth-order valence-electron chi connectivity index (χ4n) is 4.64. The van der Waals surface area contributed by atoms with Crippen molar-refractivity contribution in [3.05, 3.63) is 71.8 Å². The van der Waals surface area contributed by atoms with Crippen molar-refractivity contribution in [3.63, 3.8) is 0 Å². The Morgan fingerprint density at radius 2 is 1.79 bits per heavy atom. The predicted octanol–water partition coefficient (Wildman–Crippen LogP) is 5.92. The number of halogens is 1. The van der Waals surface area contributed by atoms with E-state index in [0.717, 1.165) is 0 Å². The number of rotatable bonds is 5. The highest BCUT2D eigenvalue weighted by atomic mass is 19.1. The number of carbonyl (C=O) groups excluding carboxylic acids is 2. The molecule has 3 aromatic rings. The van der Waals surface area contributed by atoms with Crippen LogP contribution in [0.15, 0.2) is 48.9 Å². The molecule has 1 unspecified atom stereocenters. The minimum Gasteiger partial charge on any atom is -0.320 e. The molecule has 1 aliphatic rings. The number of amides is 1. The van der Waals surface area contributed by atoms with E-state index in [0.29, 0.717) is 53.2 Å². The zero-order valence-corrected chi connectivity index (χ0v) is 19.9. The molecule has 1 amide bonds. The van der Waals surface area contributed by atoms with Crippen LogP contribution in [-0.2, 0) is 4.79 Å². The number of pyridine rings is 1. The summed E-state index contributed by atoms with van der Waals surface area (Å²) in [6.07, 6.45) is 6.15. The van der Waals surface area contributed by atoms with Crippen LogP contribution in [0.1, 0.15) is 80.7 Å². The van der Waals surface area contributed by atoms with Crippen molar-refractivity contribution in [1.29, 1.82) is 0 Å². The second-order valence-corrected chi connectivity index (χ2v) is 9.83. The van der Waals surface area contributed by atoms with Gasteiger partial charge in [0.25, 0.3) is 5.91 Å². The molecule has 176 valence electrons. The second kappa shape index (κ2) is 9.41. The maximum atomic E-state index is 14.8. The largest absolute Gasteiger partial charge is 0.320 e. The molecular formula is C27H29FN4O2. The number of benzene rings is 1. The predicted molar refractivity (Wildman–Crippen MR) is 129 cm³/mol. The lowest BCUT2D eigenvalue weighted by Crippen LogP contribution is -2.32. The molecule has 4 rings (SSSR count). The highest BCUT2D eigenvalue weighted by molar-refractivity contribution is 6.06. The van der Waals surface area contributed by atoms with Crippen LogP contribution in [0, 0.1) is 11.2 Å². The Kier molecular flexibility index (Phi) is 6.55. The molecular weight excluding hydrogens is 431 g/mol. The Morgan fingerprint density at radius 1 is 1.09 bits per heavy atom. The minimum atomic E-state index is -0.396. The highest BCUT2D eigenvalue weighted by Gasteiger charge is 2.39. The molecule has 1 fully saturated rings. The zero-order valence-electron chi connectivity index (χ0n) is 19.9. The molecule has 0 bridgehead atoms. The lowest BCUT2D eigenvalue weighted by atomic mass is 9.66. The summed E-state index contributed by atoms with van der Waals surface area (Å²) in [4.78, 5) is 38.6. The van der Waals surface area contributed by atoms with Crippen LogP contribution < -0.4 is 5.32 Å². The molecule has 0 spiro atoms. The van der Waals surface area contributed by atoms with E-state index in [9.17, 15) is 14.0 Å². The third-order valence-electron chi connectivity index (χ3n) is 6.47. The monoisotopic (exact) mass is 460 g/mol. The first-order valence-electron chi connectivity index (χ1n) is 11.6. The van der Waals surface area contributed by atoms with E-state index >= 15 is 0 Å². The van der Waals surface area contributed by atoms with Gasteiger partial charge in [0.15, 0.2) is 0 Å². The molecule has 1 aromatic carbocycles. The number of ketones is 1. The van der Waals surface area contributed by atoms with Gasteiger partial charge in [0.2, 0.25) is 0 Å². The fourth-order valence-corrected chi connectivity index (χ4v) is 4.64. The van der Waals surface area contributed by atoms with E-state index < -0.39 is 11.7 Å². The number of nitrogens with zero attached hydrogens (tertiary/aromatic N) is 3. The minimum absolute atomic E-state index is 0.0770. The number of Topliss-reactive ketones (excluding diaryl/α,β-unsaturated/α-hetero) is 1. The van der Waals surface area contributed by atoms with Gasteiger partial charge in [-0.3, -0.25) is 14.6 Å². The van der Waals surface area contributed by atoms with Gasteiger partial charge in [-0.15, -0.1) is 0 Å². The Bertz CT molecular complexity index is 1220. The molecule has 1 saturated carbocycles. The van der Waals surface area contributed by atoms with Gasteiger partial charge in [-0.2, -0.15) is 0 Å². The Hall–Kier alpha value is -3.48. The van der Waals surface area contributed by atoms with Crippen molar-refractivity contribution in [3.8, 4) is 11.1 Å². The van der Waals surface area contributed by atoms with E-state index in [2.05, 4.69) is 20.3 Å². The van der Waals surface area contributed by atoms with E-state index in [4.69, 9.17) is 0 Å². The van der Waals surface area contributed by atoms with E-state index in [1.54, 1.807) is 30.5 Å². The van der Waals surface area contributed by atoms with Gasteiger partial charge in [-0.05, 0) is 24.0 Å². The van der Waals surface area contributed by atoms with Gasteiger partial charge >= 0.3 is 0 Å². The highest BCUT2D eigenvalue weighted by Crippen LogP contribution is 2.48. The number of aromatic nitrogens is 3. The second-order valence-electron chi connectivity index (χ2n) is 9.83. The number of hydrogen-bond acceptors (Lipinski definition) is 5. The topological polar surface area (TPSA) is 84.8 Å². The van der Waals surface area contributed by atoms with Crippen molar-refractivity contribution in [2.24, 2.45) is 5.41 Å². The third-order valence-corrected chi connectivity index (χ3v) is 6.47. The number of nitrogens with one attached hydrogen (secondary N) is 1. The fraction of sp³-hybridized carbons (Fsp3) is 0.370. The van der Waals surface area contributed by atoms with Crippen LogP contribution >= 0.6 is 0 Å². The van der Waals surface area contributed by atoms with Crippen molar-refractivity contribution in [2.45, 2.75) is 58.8 Å². The summed E-state index contributed by atoms with van der Waals surface area (Å²) in [5.74, 6) is 0.154. The summed E-state index contributed by atoms with van der Waals surface area (Å²) >= 11 is 0. The molecule has 0 aliphatic heterocycles. The van der Waals surface area contributed by atoms with Crippen LogP contribution in [0.3, 0.4) is 0 Å². The van der Waals surface area contributed by atoms with E-state index in [-0.39, 0.29) is 23.0 Å². The van der Waals surface area contributed by atoms with Gasteiger partial charge in [-0.25, -0.2) is 14.4 Å². The zero-order chi connectivity index (χ0) is 24.5. The normalized spacial score (nSPS) is 17.6. The third kappa shape index (κ3) is 4.74. The summed E-state index contributed by atoms with van der Waals surface area (Å²) in [6.45, 7) is 8.04. The Morgan fingerprint density at radius 3 is 2.44 bits per heavy atom. The van der Waals surface area contributed by atoms with Crippen molar-refractivity contribution in [1.82, 2.24) is 15.0 Å². The quantitative estimate of drug-likeness (QED) is 0.511. The molecule has 0 radical (unpaired) electrons. The average Bonchev–Trinajstić information content (AvgIpc) is 2.79. The molecule has 34 heavy (non-hydrogen) atoms. The summed E-state index contributed by atoms with van der Waals surface area (Å²) in [6, 6.07) is 8.16. The van der Waals surface area contributed by atoms with Crippen LogP contribution in [0.4, 0.5) is 10.1 Å². The standard InChI is InChI=1S/C27H29FN4O2/c1-16(2)25-30-14-17(15-31-25)26(34)32-23-20(19-7-5-6-8-22(19)28)11-12-29-24(23)21-10-9-18(33)13-27(21,3)4/h5-8,11-12,14-16,21H,9-10,13H2,1-4H3,(H,32,34). The number of hydrogen-bond donors (Lipinski definition) is 1. The lowest BCUT2D eigenvalue weighted by molar-refractivity contribution is -0.123. The molecule has 7 heteroatoms. The smallest absolute Gasteiger partial charge is 0.258 e. The average molecular weight is 461 g/mol.